The molecule has 0 saturated carbocycles. The number of aromatic nitrogens is 2. The van der Waals surface area contributed by atoms with Gasteiger partial charge >= 0.3 is 0 Å². The van der Waals surface area contributed by atoms with Crippen molar-refractivity contribution in [2.75, 3.05) is 13.7 Å². The van der Waals surface area contributed by atoms with Gasteiger partial charge in [0.2, 0.25) is 0 Å². The van der Waals surface area contributed by atoms with Gasteiger partial charge in [-0.15, -0.1) is 0 Å². The van der Waals surface area contributed by atoms with Gasteiger partial charge in [-0.1, -0.05) is 30.9 Å². The normalized spacial score (nSPS) is 10.9. The molecule has 0 aliphatic carbocycles. The van der Waals surface area contributed by atoms with Crippen molar-refractivity contribution in [3.8, 4) is 28.8 Å². The molecule has 3 rings (SSSR count). The number of rotatable bonds is 7. The Morgan fingerprint density at radius 3 is 2.70 bits per heavy atom. The third kappa shape index (κ3) is 4.47. The van der Waals surface area contributed by atoms with Crippen molar-refractivity contribution in [1.29, 1.82) is 5.26 Å². The SMILES string of the molecule is C=CCOc1ccc(-c2nn(-c3ccccc3)cc2/C=C(\C#N)C(=O)NC)c(C)c1. The number of para-hydroxylation sites is 1. The van der Waals surface area contributed by atoms with Crippen molar-refractivity contribution in [3.05, 3.63) is 84.1 Å². The highest BCUT2D eigenvalue weighted by Crippen LogP contribution is 2.30. The van der Waals surface area contributed by atoms with E-state index in [1.165, 1.54) is 7.05 Å². The van der Waals surface area contributed by atoms with E-state index in [1.807, 2.05) is 67.7 Å². The Hall–Kier alpha value is -4.11. The highest BCUT2D eigenvalue weighted by molar-refractivity contribution is 6.02. The van der Waals surface area contributed by atoms with E-state index in [9.17, 15) is 10.1 Å². The number of nitrogens with one attached hydrogen (secondary N) is 1. The second kappa shape index (κ2) is 9.39. The van der Waals surface area contributed by atoms with Crippen LogP contribution in [0.1, 0.15) is 11.1 Å². The summed E-state index contributed by atoms with van der Waals surface area (Å²) in [5.41, 5.74) is 4.07. The van der Waals surface area contributed by atoms with Crippen LogP contribution < -0.4 is 10.1 Å². The van der Waals surface area contributed by atoms with E-state index in [0.29, 0.717) is 17.9 Å². The zero-order valence-electron chi connectivity index (χ0n) is 16.9. The predicted octanol–water partition coefficient (Wildman–Crippen LogP) is 4.07. The van der Waals surface area contributed by atoms with Crippen molar-refractivity contribution in [1.82, 2.24) is 15.1 Å². The first kappa shape index (κ1) is 20.6. The quantitative estimate of drug-likeness (QED) is 0.370. The number of hydrogen-bond acceptors (Lipinski definition) is 4. The lowest BCUT2D eigenvalue weighted by Crippen LogP contribution is -2.19. The molecule has 6 heteroatoms. The van der Waals surface area contributed by atoms with Gasteiger partial charge in [-0.2, -0.15) is 10.4 Å². The van der Waals surface area contributed by atoms with Crippen LogP contribution in [0.4, 0.5) is 0 Å². The molecule has 3 aromatic rings. The number of carbonyl (C=O) groups excluding carboxylic acids is 1. The summed E-state index contributed by atoms with van der Waals surface area (Å²) in [6, 6.07) is 17.3. The smallest absolute Gasteiger partial charge is 0.261 e. The molecule has 1 heterocycles. The topological polar surface area (TPSA) is 79.9 Å². The van der Waals surface area contributed by atoms with E-state index < -0.39 is 5.91 Å². The fourth-order valence-electron chi connectivity index (χ4n) is 3.00. The first-order chi connectivity index (χ1) is 14.6. The monoisotopic (exact) mass is 398 g/mol. The second-order valence-electron chi connectivity index (χ2n) is 6.54. The maximum Gasteiger partial charge on any atom is 0.261 e. The van der Waals surface area contributed by atoms with Crippen molar-refractivity contribution in [2.45, 2.75) is 6.92 Å². The number of aryl methyl sites for hydroxylation is 1. The van der Waals surface area contributed by atoms with Gasteiger partial charge in [0.1, 0.15) is 29.7 Å². The molecule has 0 radical (unpaired) electrons. The highest BCUT2D eigenvalue weighted by atomic mass is 16.5. The molecular formula is C24H22N4O2. The standard InChI is InChI=1S/C24H22N4O2/c1-4-12-30-21-10-11-22(17(2)13-21)23-19(14-18(15-25)24(29)26-3)16-28(27-23)20-8-6-5-7-9-20/h4-11,13-14,16H,1,12H2,2-3H3,(H,26,29)/b18-14+. The minimum atomic E-state index is -0.444. The molecule has 0 spiro atoms. The van der Waals surface area contributed by atoms with E-state index in [1.54, 1.807) is 16.8 Å². The fraction of sp³-hybridized carbons (Fsp3) is 0.125. The van der Waals surface area contributed by atoms with Gasteiger partial charge in [0.25, 0.3) is 5.91 Å². The zero-order valence-corrected chi connectivity index (χ0v) is 16.9. The molecule has 0 aliphatic heterocycles. The average molecular weight is 398 g/mol. The number of nitriles is 1. The Morgan fingerprint density at radius 2 is 2.07 bits per heavy atom. The molecule has 30 heavy (non-hydrogen) atoms. The molecular weight excluding hydrogens is 376 g/mol. The molecule has 2 aromatic carbocycles. The summed E-state index contributed by atoms with van der Waals surface area (Å²) in [7, 11) is 1.49. The van der Waals surface area contributed by atoms with Crippen LogP contribution in [-0.2, 0) is 4.79 Å². The molecule has 0 saturated heterocycles. The summed E-state index contributed by atoms with van der Waals surface area (Å²) in [5.74, 6) is 0.291. The van der Waals surface area contributed by atoms with Crippen LogP contribution in [0.15, 0.2) is 73.0 Å². The molecule has 0 bridgehead atoms. The summed E-state index contributed by atoms with van der Waals surface area (Å²) in [4.78, 5) is 12.0. The second-order valence-corrected chi connectivity index (χ2v) is 6.54. The lowest BCUT2D eigenvalue weighted by Gasteiger charge is -2.08. The molecule has 0 aliphatic rings. The van der Waals surface area contributed by atoms with Gasteiger partial charge in [-0.25, -0.2) is 4.68 Å². The van der Waals surface area contributed by atoms with Crippen molar-refractivity contribution < 1.29 is 9.53 Å². The number of likely N-dealkylation sites (N-methyl/N-ethyl adjacent to an activating group) is 1. The summed E-state index contributed by atoms with van der Waals surface area (Å²) in [6.07, 6.45) is 5.06. The summed E-state index contributed by atoms with van der Waals surface area (Å²) in [6.45, 7) is 6.05. The molecule has 0 fully saturated rings. The van der Waals surface area contributed by atoms with Gasteiger partial charge < -0.3 is 10.1 Å². The molecule has 6 nitrogen and oxygen atoms in total. The van der Waals surface area contributed by atoms with Crippen LogP contribution in [0.2, 0.25) is 0 Å². The minimum Gasteiger partial charge on any atom is -0.490 e. The van der Waals surface area contributed by atoms with Crippen molar-refractivity contribution in [3.63, 3.8) is 0 Å². The summed E-state index contributed by atoms with van der Waals surface area (Å²) < 4.78 is 7.35. The fourth-order valence-corrected chi connectivity index (χ4v) is 3.00. The van der Waals surface area contributed by atoms with E-state index in [2.05, 4.69) is 11.9 Å². The number of hydrogen-bond donors (Lipinski definition) is 1. The number of benzene rings is 2. The van der Waals surface area contributed by atoms with E-state index >= 15 is 0 Å². The third-order valence-corrected chi connectivity index (χ3v) is 4.48. The van der Waals surface area contributed by atoms with Crippen LogP contribution in [0.5, 0.6) is 5.75 Å². The average Bonchev–Trinajstić information content (AvgIpc) is 3.19. The Labute approximate surface area is 175 Å². The highest BCUT2D eigenvalue weighted by Gasteiger charge is 2.16. The van der Waals surface area contributed by atoms with Crippen molar-refractivity contribution in [2.24, 2.45) is 0 Å². The molecule has 0 atom stereocenters. The van der Waals surface area contributed by atoms with E-state index in [0.717, 1.165) is 22.6 Å². The Morgan fingerprint density at radius 1 is 1.30 bits per heavy atom. The molecule has 0 unspecified atom stereocenters. The number of amides is 1. The number of ether oxygens (including phenoxy) is 1. The number of carbonyl (C=O) groups is 1. The third-order valence-electron chi connectivity index (χ3n) is 4.48. The van der Waals surface area contributed by atoms with Crippen molar-refractivity contribution >= 4 is 12.0 Å². The van der Waals surface area contributed by atoms with Gasteiger partial charge in [0.05, 0.1) is 5.69 Å². The first-order valence-electron chi connectivity index (χ1n) is 9.41. The van der Waals surface area contributed by atoms with Gasteiger partial charge in [0, 0.05) is 24.4 Å². The first-order valence-corrected chi connectivity index (χ1v) is 9.41. The molecule has 1 amide bonds. The van der Waals surface area contributed by atoms with E-state index in [4.69, 9.17) is 9.84 Å². The van der Waals surface area contributed by atoms with E-state index in [-0.39, 0.29) is 5.57 Å². The predicted molar refractivity (Wildman–Crippen MR) is 117 cm³/mol. The largest absolute Gasteiger partial charge is 0.490 e. The van der Waals surface area contributed by atoms with Crippen LogP contribution >= 0.6 is 0 Å². The summed E-state index contributed by atoms with van der Waals surface area (Å²) >= 11 is 0. The van der Waals surface area contributed by atoms with Gasteiger partial charge in [-0.05, 0) is 48.9 Å². The van der Waals surface area contributed by atoms with Crippen LogP contribution in [0.25, 0.3) is 23.0 Å². The van der Waals surface area contributed by atoms with Crippen LogP contribution in [0, 0.1) is 18.3 Å². The maximum absolute atomic E-state index is 12.0. The van der Waals surface area contributed by atoms with Crippen LogP contribution in [0.3, 0.4) is 0 Å². The van der Waals surface area contributed by atoms with Crippen LogP contribution in [-0.4, -0.2) is 29.3 Å². The lowest BCUT2D eigenvalue weighted by molar-refractivity contribution is -0.116. The molecule has 150 valence electrons. The summed E-state index contributed by atoms with van der Waals surface area (Å²) in [5, 5.41) is 16.7. The Balaban J connectivity index is 2.14. The molecule has 1 N–H and O–H groups in total. The minimum absolute atomic E-state index is 0.00921. The lowest BCUT2D eigenvalue weighted by atomic mass is 10.0. The zero-order chi connectivity index (χ0) is 21.5. The maximum atomic E-state index is 12.0. The number of nitrogens with zero attached hydrogens (tertiary/aromatic N) is 3. The van der Waals surface area contributed by atoms with Gasteiger partial charge in [0.15, 0.2) is 0 Å². The van der Waals surface area contributed by atoms with Gasteiger partial charge in [-0.3, -0.25) is 4.79 Å². The Kier molecular flexibility index (Phi) is 6.46. The molecule has 1 aromatic heterocycles. The Bertz CT molecular complexity index is 1140.